The highest BCUT2D eigenvalue weighted by molar-refractivity contribution is 7.81. The van der Waals surface area contributed by atoms with Gasteiger partial charge in [-0.15, -0.1) is 0 Å². The van der Waals surface area contributed by atoms with Gasteiger partial charge in [-0.05, 0) is 24.1 Å². The molecule has 0 saturated heterocycles. The summed E-state index contributed by atoms with van der Waals surface area (Å²) in [4.78, 5) is 10.5. The van der Waals surface area contributed by atoms with Gasteiger partial charge in [-0.3, -0.25) is 9.35 Å². The fraction of sp³-hybridized carbons (Fsp3) is 0.222. The van der Waals surface area contributed by atoms with E-state index in [1.165, 1.54) is 6.07 Å². The average Bonchev–Trinajstić information content (AvgIpc) is 2.20. The van der Waals surface area contributed by atoms with Crippen LogP contribution >= 0.6 is 0 Å². The zero-order chi connectivity index (χ0) is 13.9. The molecule has 0 aliphatic heterocycles. The zero-order valence-electron chi connectivity index (χ0n) is 8.98. The SMILES string of the molecule is N[C@H](Cc1ccc(O)c(OS(=O)(=O)O)c1)C(=O)O. The van der Waals surface area contributed by atoms with E-state index in [4.69, 9.17) is 15.4 Å². The van der Waals surface area contributed by atoms with E-state index in [2.05, 4.69) is 4.18 Å². The Bertz CT molecular complexity index is 554. The van der Waals surface area contributed by atoms with Crippen LogP contribution in [-0.2, 0) is 21.6 Å². The largest absolute Gasteiger partial charge is 0.504 e. The molecule has 1 aromatic rings. The number of carboxylic acid groups (broad SMARTS) is 1. The third kappa shape index (κ3) is 4.20. The van der Waals surface area contributed by atoms with Crippen LogP contribution in [0.5, 0.6) is 11.5 Å². The van der Waals surface area contributed by atoms with Gasteiger partial charge in [0.05, 0.1) is 0 Å². The molecule has 0 aliphatic rings. The maximum atomic E-state index is 10.5. The molecule has 0 spiro atoms. The predicted molar refractivity (Wildman–Crippen MR) is 59.6 cm³/mol. The Morgan fingerprint density at radius 2 is 2.06 bits per heavy atom. The van der Waals surface area contributed by atoms with Crippen LogP contribution < -0.4 is 9.92 Å². The summed E-state index contributed by atoms with van der Waals surface area (Å²) in [6.45, 7) is 0. The molecule has 0 heterocycles. The van der Waals surface area contributed by atoms with Crippen molar-refractivity contribution in [2.75, 3.05) is 0 Å². The number of hydrogen-bond acceptors (Lipinski definition) is 6. The van der Waals surface area contributed by atoms with E-state index < -0.39 is 33.9 Å². The van der Waals surface area contributed by atoms with Gasteiger partial charge in [0.15, 0.2) is 11.5 Å². The maximum absolute atomic E-state index is 10.5. The maximum Gasteiger partial charge on any atom is 0.446 e. The molecule has 0 aromatic heterocycles. The van der Waals surface area contributed by atoms with E-state index in [9.17, 15) is 18.3 Å². The number of phenols is 1. The summed E-state index contributed by atoms with van der Waals surface area (Å²) >= 11 is 0. The molecule has 18 heavy (non-hydrogen) atoms. The fourth-order valence-corrected chi connectivity index (χ4v) is 1.57. The van der Waals surface area contributed by atoms with Crippen molar-refractivity contribution in [1.29, 1.82) is 0 Å². The number of hydrogen-bond donors (Lipinski definition) is 4. The standard InChI is InChI=1S/C9H11NO7S/c10-6(9(12)13)3-5-1-2-7(11)8(4-5)17-18(14,15)16/h1-2,4,6,11H,3,10H2,(H,12,13)(H,14,15,16)/t6-/m1/s1. The van der Waals surface area contributed by atoms with Crippen molar-refractivity contribution in [3.63, 3.8) is 0 Å². The van der Waals surface area contributed by atoms with Crippen molar-refractivity contribution in [1.82, 2.24) is 0 Å². The van der Waals surface area contributed by atoms with Crippen molar-refractivity contribution < 1.29 is 32.2 Å². The first kappa shape index (κ1) is 14.2. The summed E-state index contributed by atoms with van der Waals surface area (Å²) in [5, 5.41) is 17.9. The van der Waals surface area contributed by atoms with Gasteiger partial charge in [0.25, 0.3) is 0 Å². The lowest BCUT2D eigenvalue weighted by atomic mass is 10.1. The van der Waals surface area contributed by atoms with E-state index in [-0.39, 0.29) is 6.42 Å². The van der Waals surface area contributed by atoms with Crippen LogP contribution in [-0.4, -0.2) is 35.2 Å². The minimum Gasteiger partial charge on any atom is -0.504 e. The van der Waals surface area contributed by atoms with Crippen molar-refractivity contribution in [2.24, 2.45) is 5.73 Å². The summed E-state index contributed by atoms with van der Waals surface area (Å²) in [5.41, 5.74) is 5.63. The van der Waals surface area contributed by atoms with Gasteiger partial charge < -0.3 is 20.1 Å². The topological polar surface area (TPSA) is 147 Å². The Hall–Kier alpha value is -1.84. The van der Waals surface area contributed by atoms with Crippen molar-refractivity contribution in [3.8, 4) is 11.5 Å². The molecular formula is C9H11NO7S. The normalized spacial score (nSPS) is 13.0. The molecular weight excluding hydrogens is 266 g/mol. The molecule has 0 amide bonds. The van der Waals surface area contributed by atoms with Gasteiger partial charge in [-0.1, -0.05) is 6.07 Å². The van der Waals surface area contributed by atoms with Gasteiger partial charge >= 0.3 is 16.4 Å². The predicted octanol–water partition coefficient (Wildman–Crippen LogP) is -0.472. The van der Waals surface area contributed by atoms with E-state index in [0.717, 1.165) is 12.1 Å². The summed E-state index contributed by atoms with van der Waals surface area (Å²) in [6.07, 6.45) is -0.0859. The quantitative estimate of drug-likeness (QED) is 0.528. The second kappa shape index (κ2) is 5.21. The minimum absolute atomic E-state index is 0.0859. The second-order valence-electron chi connectivity index (χ2n) is 3.46. The molecule has 5 N–H and O–H groups in total. The van der Waals surface area contributed by atoms with Crippen LogP contribution in [0.4, 0.5) is 0 Å². The van der Waals surface area contributed by atoms with E-state index in [1.54, 1.807) is 0 Å². The Kier molecular flexibility index (Phi) is 4.11. The smallest absolute Gasteiger partial charge is 0.446 e. The van der Waals surface area contributed by atoms with Gasteiger partial charge in [-0.25, -0.2) is 0 Å². The number of nitrogens with two attached hydrogens (primary N) is 1. The molecule has 9 heteroatoms. The zero-order valence-corrected chi connectivity index (χ0v) is 9.79. The van der Waals surface area contributed by atoms with Gasteiger partial charge in [0.2, 0.25) is 0 Å². The molecule has 100 valence electrons. The van der Waals surface area contributed by atoms with Crippen LogP contribution in [0.3, 0.4) is 0 Å². The Labute approximate surface area is 103 Å². The number of aliphatic carboxylic acids is 1. The number of rotatable bonds is 5. The monoisotopic (exact) mass is 277 g/mol. The first-order valence-electron chi connectivity index (χ1n) is 4.66. The number of aromatic hydroxyl groups is 1. The molecule has 1 aromatic carbocycles. The van der Waals surface area contributed by atoms with Crippen molar-refractivity contribution in [3.05, 3.63) is 23.8 Å². The molecule has 8 nitrogen and oxygen atoms in total. The number of carbonyl (C=O) groups is 1. The number of carboxylic acids is 1. The second-order valence-corrected chi connectivity index (χ2v) is 4.48. The highest BCUT2D eigenvalue weighted by Gasteiger charge is 2.16. The summed E-state index contributed by atoms with van der Waals surface area (Å²) in [5.74, 6) is -2.24. The highest BCUT2D eigenvalue weighted by atomic mass is 32.3. The average molecular weight is 277 g/mol. The summed E-state index contributed by atoms with van der Waals surface area (Å²) < 4.78 is 33.6. The summed E-state index contributed by atoms with van der Waals surface area (Å²) in [7, 11) is -4.77. The first-order valence-corrected chi connectivity index (χ1v) is 6.03. The number of benzene rings is 1. The van der Waals surface area contributed by atoms with Crippen molar-refractivity contribution in [2.45, 2.75) is 12.5 Å². The van der Waals surface area contributed by atoms with Crippen LogP contribution in [0, 0.1) is 0 Å². The van der Waals surface area contributed by atoms with Crippen LogP contribution in [0.1, 0.15) is 5.56 Å². The number of phenolic OH excluding ortho intramolecular Hbond substituents is 1. The molecule has 1 atom stereocenters. The molecule has 0 bridgehead atoms. The van der Waals surface area contributed by atoms with Gasteiger partial charge in [0, 0.05) is 0 Å². The molecule has 0 fully saturated rings. The molecule has 0 aliphatic carbocycles. The molecule has 1 rings (SSSR count). The van der Waals surface area contributed by atoms with E-state index >= 15 is 0 Å². The van der Waals surface area contributed by atoms with Crippen LogP contribution in [0.25, 0.3) is 0 Å². The van der Waals surface area contributed by atoms with Gasteiger partial charge in [-0.2, -0.15) is 8.42 Å². The molecule has 0 unspecified atom stereocenters. The van der Waals surface area contributed by atoms with E-state index in [1.807, 2.05) is 0 Å². The third-order valence-corrected chi connectivity index (χ3v) is 2.38. The Balaban J connectivity index is 2.97. The minimum atomic E-state index is -4.77. The Morgan fingerprint density at radius 3 is 2.56 bits per heavy atom. The highest BCUT2D eigenvalue weighted by Crippen LogP contribution is 2.28. The van der Waals surface area contributed by atoms with Crippen LogP contribution in [0.2, 0.25) is 0 Å². The Morgan fingerprint density at radius 1 is 1.44 bits per heavy atom. The lowest BCUT2D eigenvalue weighted by molar-refractivity contribution is -0.138. The third-order valence-electron chi connectivity index (χ3n) is 1.99. The van der Waals surface area contributed by atoms with Crippen LogP contribution in [0.15, 0.2) is 18.2 Å². The van der Waals surface area contributed by atoms with E-state index in [0.29, 0.717) is 5.56 Å². The van der Waals surface area contributed by atoms with Gasteiger partial charge in [0.1, 0.15) is 6.04 Å². The lowest BCUT2D eigenvalue weighted by Crippen LogP contribution is -2.32. The molecule has 0 radical (unpaired) electrons. The first-order chi connectivity index (χ1) is 8.19. The summed E-state index contributed by atoms with van der Waals surface area (Å²) in [6, 6.07) is 2.36. The lowest BCUT2D eigenvalue weighted by Gasteiger charge is -2.09. The fourth-order valence-electron chi connectivity index (χ4n) is 1.21. The van der Waals surface area contributed by atoms with Crippen molar-refractivity contribution >= 4 is 16.4 Å². The molecule has 0 saturated carbocycles.